The molecule has 1 N–H and O–H groups in total. The van der Waals surface area contributed by atoms with Gasteiger partial charge in [0.15, 0.2) is 12.2 Å². The van der Waals surface area contributed by atoms with E-state index in [2.05, 4.69) is 36.3 Å². The van der Waals surface area contributed by atoms with Crippen molar-refractivity contribution in [3.05, 3.63) is 36.4 Å². The minimum atomic E-state index is 0.353. The van der Waals surface area contributed by atoms with E-state index in [-0.39, 0.29) is 0 Å². The fourth-order valence-corrected chi connectivity index (χ4v) is 2.83. The molecular weight excluding hydrogens is 262 g/mol. The van der Waals surface area contributed by atoms with E-state index in [0.29, 0.717) is 12.0 Å². The molecule has 1 aromatic heterocycles. The summed E-state index contributed by atoms with van der Waals surface area (Å²) in [5.74, 6) is 1.46. The number of oxazole rings is 1. The Hall–Kier alpha value is -1.94. The number of benzene rings is 1. The molecule has 0 saturated heterocycles. The predicted octanol–water partition coefficient (Wildman–Crippen LogP) is 3.60. The van der Waals surface area contributed by atoms with Gasteiger partial charge in [-0.1, -0.05) is 13.8 Å². The number of hydrogen-bond acceptors (Lipinski definition) is 4. The van der Waals surface area contributed by atoms with Crippen LogP contribution < -0.4 is 5.32 Å². The SMILES string of the molecule is CN[C@H](CC(C)C)C1=Nc2ccc(-c3cnco3)cc2C1. The van der Waals surface area contributed by atoms with Gasteiger partial charge < -0.3 is 9.73 Å². The van der Waals surface area contributed by atoms with E-state index in [1.165, 1.54) is 17.7 Å². The summed E-state index contributed by atoms with van der Waals surface area (Å²) in [6.07, 6.45) is 5.23. The van der Waals surface area contributed by atoms with Crippen molar-refractivity contribution in [3.63, 3.8) is 0 Å². The Labute approximate surface area is 125 Å². The number of rotatable bonds is 5. The Morgan fingerprint density at radius 2 is 2.19 bits per heavy atom. The van der Waals surface area contributed by atoms with Gasteiger partial charge in [0, 0.05) is 23.7 Å². The van der Waals surface area contributed by atoms with Crippen molar-refractivity contribution < 1.29 is 4.42 Å². The quantitative estimate of drug-likeness (QED) is 0.912. The molecule has 4 heteroatoms. The average Bonchev–Trinajstić information content (AvgIpc) is 3.12. The van der Waals surface area contributed by atoms with Crippen LogP contribution in [0, 0.1) is 5.92 Å². The highest BCUT2D eigenvalue weighted by molar-refractivity contribution is 5.98. The minimum absolute atomic E-state index is 0.353. The summed E-state index contributed by atoms with van der Waals surface area (Å²) in [6, 6.07) is 6.63. The van der Waals surface area contributed by atoms with Gasteiger partial charge in [-0.05, 0) is 43.1 Å². The van der Waals surface area contributed by atoms with E-state index >= 15 is 0 Å². The zero-order chi connectivity index (χ0) is 14.8. The number of aromatic nitrogens is 1. The maximum atomic E-state index is 5.37. The van der Waals surface area contributed by atoms with Crippen LogP contribution in [0.2, 0.25) is 0 Å². The Morgan fingerprint density at radius 1 is 1.33 bits per heavy atom. The molecule has 0 saturated carbocycles. The molecule has 1 aliphatic rings. The molecule has 1 atom stereocenters. The first-order chi connectivity index (χ1) is 10.2. The monoisotopic (exact) mass is 283 g/mol. The lowest BCUT2D eigenvalue weighted by Gasteiger charge is -2.18. The molecule has 0 bridgehead atoms. The van der Waals surface area contributed by atoms with E-state index in [1.807, 2.05) is 13.1 Å². The normalized spacial score (nSPS) is 15.1. The lowest BCUT2D eigenvalue weighted by atomic mass is 9.96. The Kier molecular flexibility index (Phi) is 3.88. The van der Waals surface area contributed by atoms with Crippen LogP contribution in [0.5, 0.6) is 0 Å². The first kappa shape index (κ1) is 14.0. The van der Waals surface area contributed by atoms with Crippen molar-refractivity contribution in [1.82, 2.24) is 10.3 Å². The van der Waals surface area contributed by atoms with E-state index in [9.17, 15) is 0 Å². The third-order valence-corrected chi connectivity index (χ3v) is 3.89. The smallest absolute Gasteiger partial charge is 0.181 e. The standard InChI is InChI=1S/C17H21N3O/c1-11(2)6-15(18-3)16-8-13-7-12(4-5-14(13)20-16)17-9-19-10-21-17/h4-5,7,9-11,15,18H,6,8H2,1-3H3/t15-/m1/s1. The predicted molar refractivity (Wildman–Crippen MR) is 85.0 cm³/mol. The molecule has 110 valence electrons. The van der Waals surface area contributed by atoms with Crippen molar-refractivity contribution >= 4 is 11.4 Å². The molecule has 0 fully saturated rings. The summed E-state index contributed by atoms with van der Waals surface area (Å²) >= 11 is 0. The van der Waals surface area contributed by atoms with Crippen LogP contribution in [-0.4, -0.2) is 23.8 Å². The molecule has 0 unspecified atom stereocenters. The van der Waals surface area contributed by atoms with Crippen LogP contribution in [0.1, 0.15) is 25.8 Å². The maximum absolute atomic E-state index is 5.37. The van der Waals surface area contributed by atoms with Crippen LogP contribution in [0.25, 0.3) is 11.3 Å². The highest BCUT2D eigenvalue weighted by atomic mass is 16.3. The molecule has 21 heavy (non-hydrogen) atoms. The van der Waals surface area contributed by atoms with Gasteiger partial charge in [0.1, 0.15) is 0 Å². The lowest BCUT2D eigenvalue weighted by Crippen LogP contribution is -2.35. The van der Waals surface area contributed by atoms with Gasteiger partial charge in [-0.25, -0.2) is 4.98 Å². The van der Waals surface area contributed by atoms with Crippen molar-refractivity contribution in [2.24, 2.45) is 10.9 Å². The summed E-state index contributed by atoms with van der Waals surface area (Å²) in [5, 5.41) is 3.39. The van der Waals surface area contributed by atoms with Gasteiger partial charge in [-0.3, -0.25) is 4.99 Å². The second-order valence-electron chi connectivity index (χ2n) is 5.96. The molecule has 1 aromatic carbocycles. The van der Waals surface area contributed by atoms with Crippen LogP contribution in [0.4, 0.5) is 5.69 Å². The summed E-state index contributed by atoms with van der Waals surface area (Å²) in [6.45, 7) is 4.49. The van der Waals surface area contributed by atoms with Crippen LogP contribution in [0.3, 0.4) is 0 Å². The lowest BCUT2D eigenvalue weighted by molar-refractivity contribution is 0.514. The molecule has 4 nitrogen and oxygen atoms in total. The molecule has 1 aliphatic heterocycles. The van der Waals surface area contributed by atoms with Gasteiger partial charge in [0.05, 0.1) is 11.9 Å². The van der Waals surface area contributed by atoms with Crippen molar-refractivity contribution in [1.29, 1.82) is 0 Å². The molecular formula is C17H21N3O. The van der Waals surface area contributed by atoms with Crippen LogP contribution in [0.15, 0.2) is 40.2 Å². The van der Waals surface area contributed by atoms with E-state index in [0.717, 1.165) is 29.9 Å². The summed E-state index contributed by atoms with van der Waals surface area (Å²) < 4.78 is 5.37. The number of nitrogens with one attached hydrogen (secondary N) is 1. The van der Waals surface area contributed by atoms with E-state index < -0.39 is 0 Å². The molecule has 0 aliphatic carbocycles. The van der Waals surface area contributed by atoms with Crippen LogP contribution >= 0.6 is 0 Å². The van der Waals surface area contributed by atoms with E-state index in [4.69, 9.17) is 9.41 Å². The molecule has 2 heterocycles. The Balaban J connectivity index is 1.82. The van der Waals surface area contributed by atoms with Crippen LogP contribution in [-0.2, 0) is 6.42 Å². The largest absolute Gasteiger partial charge is 0.444 e. The highest BCUT2D eigenvalue weighted by Gasteiger charge is 2.22. The minimum Gasteiger partial charge on any atom is -0.444 e. The second kappa shape index (κ2) is 5.82. The third kappa shape index (κ3) is 2.90. The van der Waals surface area contributed by atoms with Gasteiger partial charge >= 0.3 is 0 Å². The molecule has 0 amide bonds. The zero-order valence-corrected chi connectivity index (χ0v) is 12.8. The molecule has 3 rings (SSSR count). The topological polar surface area (TPSA) is 50.4 Å². The molecule has 2 aromatic rings. The third-order valence-electron chi connectivity index (χ3n) is 3.89. The van der Waals surface area contributed by atoms with Gasteiger partial charge in [0.25, 0.3) is 0 Å². The summed E-state index contributed by atoms with van der Waals surface area (Å²) in [7, 11) is 2.01. The zero-order valence-electron chi connectivity index (χ0n) is 12.8. The number of fused-ring (bicyclic) bond motifs is 1. The fourth-order valence-electron chi connectivity index (χ4n) is 2.83. The fraction of sp³-hybridized carbons (Fsp3) is 0.412. The Bertz CT molecular complexity index is 644. The first-order valence-corrected chi connectivity index (χ1v) is 7.44. The number of hydrogen-bond donors (Lipinski definition) is 1. The number of aliphatic imine (C=N–C) groups is 1. The maximum Gasteiger partial charge on any atom is 0.181 e. The Morgan fingerprint density at radius 3 is 2.86 bits per heavy atom. The summed E-state index contributed by atoms with van der Waals surface area (Å²) in [5.41, 5.74) is 4.64. The summed E-state index contributed by atoms with van der Waals surface area (Å²) in [4.78, 5) is 8.78. The first-order valence-electron chi connectivity index (χ1n) is 7.44. The highest BCUT2D eigenvalue weighted by Crippen LogP contribution is 2.32. The van der Waals surface area contributed by atoms with Gasteiger partial charge in [-0.15, -0.1) is 0 Å². The molecule has 0 radical (unpaired) electrons. The van der Waals surface area contributed by atoms with Crippen molar-refractivity contribution in [2.45, 2.75) is 32.7 Å². The molecule has 0 spiro atoms. The van der Waals surface area contributed by atoms with Gasteiger partial charge in [-0.2, -0.15) is 0 Å². The second-order valence-corrected chi connectivity index (χ2v) is 5.96. The van der Waals surface area contributed by atoms with Crippen molar-refractivity contribution in [2.75, 3.05) is 7.05 Å². The van der Waals surface area contributed by atoms with E-state index in [1.54, 1.807) is 6.20 Å². The van der Waals surface area contributed by atoms with Crippen molar-refractivity contribution in [3.8, 4) is 11.3 Å². The number of nitrogens with zero attached hydrogens (tertiary/aromatic N) is 2. The average molecular weight is 283 g/mol. The van der Waals surface area contributed by atoms with Gasteiger partial charge in [0.2, 0.25) is 0 Å².